The predicted molar refractivity (Wildman–Crippen MR) is 82.0 cm³/mol. The van der Waals surface area contributed by atoms with Crippen molar-refractivity contribution in [1.29, 1.82) is 0 Å². The van der Waals surface area contributed by atoms with Crippen LogP contribution in [0.5, 0.6) is 11.5 Å². The summed E-state index contributed by atoms with van der Waals surface area (Å²) in [6.07, 6.45) is 1.40. The van der Waals surface area contributed by atoms with E-state index in [0.717, 1.165) is 5.69 Å². The van der Waals surface area contributed by atoms with Gasteiger partial charge in [-0.25, -0.2) is 9.97 Å². The van der Waals surface area contributed by atoms with Gasteiger partial charge in [0.15, 0.2) is 17.1 Å². The third kappa shape index (κ3) is 2.28. The summed E-state index contributed by atoms with van der Waals surface area (Å²) in [6, 6.07) is 7.22. The molecule has 5 nitrogen and oxygen atoms in total. The molecule has 21 heavy (non-hydrogen) atoms. The van der Waals surface area contributed by atoms with Gasteiger partial charge in [0.2, 0.25) is 0 Å². The first kappa shape index (κ1) is 14.0. The van der Waals surface area contributed by atoms with Crippen LogP contribution in [0.4, 0.5) is 0 Å². The summed E-state index contributed by atoms with van der Waals surface area (Å²) in [5.74, 6) is 1.24. The first-order chi connectivity index (χ1) is 10.2. The van der Waals surface area contributed by atoms with Gasteiger partial charge in [-0.05, 0) is 18.2 Å². The van der Waals surface area contributed by atoms with Gasteiger partial charge in [0, 0.05) is 6.07 Å². The van der Waals surface area contributed by atoms with Crippen LogP contribution in [0.25, 0.3) is 16.7 Å². The Balaban J connectivity index is 2.25. The normalized spacial score (nSPS) is 10.9. The van der Waals surface area contributed by atoms with Crippen LogP contribution >= 0.6 is 23.2 Å². The Morgan fingerprint density at radius 3 is 2.48 bits per heavy atom. The lowest BCUT2D eigenvalue weighted by Crippen LogP contribution is -1.98. The summed E-state index contributed by atoms with van der Waals surface area (Å²) < 4.78 is 12.3. The lowest BCUT2D eigenvalue weighted by atomic mass is 10.2. The van der Waals surface area contributed by atoms with Gasteiger partial charge >= 0.3 is 0 Å². The van der Waals surface area contributed by atoms with Crippen molar-refractivity contribution in [1.82, 2.24) is 14.5 Å². The lowest BCUT2D eigenvalue weighted by molar-refractivity contribution is 0.355. The Hall–Kier alpha value is -1.98. The van der Waals surface area contributed by atoms with Crippen molar-refractivity contribution in [3.63, 3.8) is 0 Å². The largest absolute Gasteiger partial charge is 0.493 e. The zero-order chi connectivity index (χ0) is 15.0. The Kier molecular flexibility index (Phi) is 3.61. The molecule has 2 heterocycles. The second kappa shape index (κ2) is 5.42. The number of methoxy groups -OCH3 is 2. The van der Waals surface area contributed by atoms with E-state index < -0.39 is 0 Å². The number of hydrogen-bond acceptors (Lipinski definition) is 4. The topological polar surface area (TPSA) is 49.2 Å². The molecule has 2 aromatic heterocycles. The summed E-state index contributed by atoms with van der Waals surface area (Å²) in [6.45, 7) is 0. The van der Waals surface area contributed by atoms with Crippen LogP contribution in [0.2, 0.25) is 10.3 Å². The average Bonchev–Trinajstić information content (AvgIpc) is 2.84. The molecule has 0 amide bonds. The second-order valence-corrected chi connectivity index (χ2v) is 4.99. The molecular formula is C14H11Cl2N3O2. The Labute approximate surface area is 131 Å². The number of rotatable bonds is 3. The van der Waals surface area contributed by atoms with Gasteiger partial charge in [0.1, 0.15) is 16.6 Å². The molecule has 0 aliphatic heterocycles. The number of fused-ring (bicyclic) bond motifs is 1. The highest BCUT2D eigenvalue weighted by Gasteiger charge is 2.15. The van der Waals surface area contributed by atoms with Gasteiger partial charge in [0.25, 0.3) is 0 Å². The van der Waals surface area contributed by atoms with E-state index in [-0.39, 0.29) is 0 Å². The van der Waals surface area contributed by atoms with E-state index in [1.54, 1.807) is 30.9 Å². The standard InChI is InChI=1S/C14H11Cl2N3O2/c1-20-10-4-3-8(5-11(10)21-2)19-12(15)6-9-13(16)17-7-18-14(9)19/h3-7H,1-2H3. The molecule has 0 aliphatic carbocycles. The molecule has 0 unspecified atom stereocenters. The summed E-state index contributed by atoms with van der Waals surface area (Å²) in [4.78, 5) is 8.20. The van der Waals surface area contributed by atoms with Crippen LogP contribution in [0, 0.1) is 0 Å². The maximum Gasteiger partial charge on any atom is 0.162 e. The summed E-state index contributed by atoms with van der Waals surface area (Å²) >= 11 is 12.4. The van der Waals surface area contributed by atoms with Gasteiger partial charge in [-0.2, -0.15) is 0 Å². The van der Waals surface area contributed by atoms with Gasteiger partial charge in [-0.1, -0.05) is 23.2 Å². The van der Waals surface area contributed by atoms with Crippen molar-refractivity contribution >= 4 is 34.2 Å². The summed E-state index contributed by atoms with van der Waals surface area (Å²) in [7, 11) is 3.17. The fraction of sp³-hybridized carbons (Fsp3) is 0.143. The molecule has 7 heteroatoms. The van der Waals surface area contributed by atoms with Crippen LogP contribution in [0.15, 0.2) is 30.6 Å². The van der Waals surface area contributed by atoms with Crippen molar-refractivity contribution in [2.75, 3.05) is 14.2 Å². The quantitative estimate of drug-likeness (QED) is 0.689. The lowest BCUT2D eigenvalue weighted by Gasteiger charge is -2.11. The van der Waals surface area contributed by atoms with Crippen LogP contribution < -0.4 is 9.47 Å². The van der Waals surface area contributed by atoms with Crippen molar-refractivity contribution < 1.29 is 9.47 Å². The number of aromatic nitrogens is 3. The maximum absolute atomic E-state index is 6.31. The fourth-order valence-corrected chi connectivity index (χ4v) is 2.63. The molecule has 0 saturated heterocycles. The molecule has 0 atom stereocenters. The fourth-order valence-electron chi connectivity index (χ4n) is 2.16. The van der Waals surface area contributed by atoms with Crippen molar-refractivity contribution in [3.05, 3.63) is 40.9 Å². The molecule has 1 aromatic carbocycles. The van der Waals surface area contributed by atoms with E-state index in [9.17, 15) is 0 Å². The predicted octanol–water partition coefficient (Wildman–Crippen LogP) is 3.74. The molecule has 0 N–H and O–H groups in total. The Bertz CT molecular complexity index is 817. The number of ether oxygens (including phenoxy) is 2. The van der Waals surface area contributed by atoms with E-state index in [2.05, 4.69) is 9.97 Å². The minimum atomic E-state index is 0.362. The van der Waals surface area contributed by atoms with E-state index in [0.29, 0.717) is 32.8 Å². The third-order valence-corrected chi connectivity index (χ3v) is 3.71. The zero-order valence-corrected chi connectivity index (χ0v) is 12.8. The van der Waals surface area contributed by atoms with Crippen LogP contribution in [-0.2, 0) is 0 Å². The highest BCUT2D eigenvalue weighted by atomic mass is 35.5. The highest BCUT2D eigenvalue weighted by Crippen LogP contribution is 2.34. The molecule has 0 saturated carbocycles. The molecular weight excluding hydrogens is 313 g/mol. The molecule has 0 aliphatic rings. The first-order valence-corrected chi connectivity index (χ1v) is 6.81. The van der Waals surface area contributed by atoms with Gasteiger partial charge < -0.3 is 9.47 Å². The zero-order valence-electron chi connectivity index (χ0n) is 11.3. The van der Waals surface area contributed by atoms with Gasteiger partial charge in [-0.3, -0.25) is 4.57 Å². The molecule has 0 radical (unpaired) electrons. The molecule has 3 aromatic rings. The number of benzene rings is 1. The van der Waals surface area contributed by atoms with E-state index in [4.69, 9.17) is 32.7 Å². The van der Waals surface area contributed by atoms with Crippen LogP contribution in [-0.4, -0.2) is 28.8 Å². The number of hydrogen-bond donors (Lipinski definition) is 0. The molecule has 0 fully saturated rings. The molecule has 3 rings (SSSR count). The average molecular weight is 324 g/mol. The Morgan fingerprint density at radius 2 is 1.76 bits per heavy atom. The van der Waals surface area contributed by atoms with Gasteiger partial charge in [0.05, 0.1) is 25.3 Å². The monoisotopic (exact) mass is 323 g/mol. The van der Waals surface area contributed by atoms with E-state index >= 15 is 0 Å². The molecule has 0 spiro atoms. The van der Waals surface area contributed by atoms with Gasteiger partial charge in [-0.15, -0.1) is 0 Å². The van der Waals surface area contributed by atoms with Crippen molar-refractivity contribution in [2.24, 2.45) is 0 Å². The number of halogens is 2. The van der Waals surface area contributed by atoms with Crippen LogP contribution in [0.1, 0.15) is 0 Å². The van der Waals surface area contributed by atoms with E-state index in [1.165, 1.54) is 6.33 Å². The third-order valence-electron chi connectivity index (χ3n) is 3.13. The summed E-state index contributed by atoms with van der Waals surface area (Å²) in [5.41, 5.74) is 1.43. The highest BCUT2D eigenvalue weighted by molar-refractivity contribution is 6.36. The summed E-state index contributed by atoms with van der Waals surface area (Å²) in [5, 5.41) is 1.54. The van der Waals surface area contributed by atoms with Crippen molar-refractivity contribution in [2.45, 2.75) is 0 Å². The Morgan fingerprint density at radius 1 is 1.00 bits per heavy atom. The van der Waals surface area contributed by atoms with E-state index in [1.807, 2.05) is 12.1 Å². The maximum atomic E-state index is 6.31. The minimum absolute atomic E-state index is 0.362. The molecule has 108 valence electrons. The number of nitrogens with zero attached hydrogens (tertiary/aromatic N) is 3. The first-order valence-electron chi connectivity index (χ1n) is 6.05. The van der Waals surface area contributed by atoms with Crippen LogP contribution in [0.3, 0.4) is 0 Å². The second-order valence-electron chi connectivity index (χ2n) is 4.24. The smallest absolute Gasteiger partial charge is 0.162 e. The van der Waals surface area contributed by atoms with Crippen molar-refractivity contribution in [3.8, 4) is 17.2 Å². The molecule has 0 bridgehead atoms. The SMILES string of the molecule is COc1ccc(-n2c(Cl)cc3c(Cl)ncnc32)cc1OC. The minimum Gasteiger partial charge on any atom is -0.493 e.